The van der Waals surface area contributed by atoms with Gasteiger partial charge in [-0.15, -0.1) is 0 Å². The van der Waals surface area contributed by atoms with Crippen LogP contribution in [0.5, 0.6) is 0 Å². The molecule has 0 saturated carbocycles. The van der Waals surface area contributed by atoms with Crippen molar-refractivity contribution >= 4 is 17.6 Å². The zero-order valence-corrected chi connectivity index (χ0v) is 13.4. The average Bonchev–Trinajstić information content (AvgIpc) is 3.09. The fraction of sp³-hybridized carbons (Fsp3) is 0.353. The van der Waals surface area contributed by atoms with Crippen LogP contribution >= 0.6 is 0 Å². The first-order valence-electron chi connectivity index (χ1n) is 7.91. The molecule has 0 aromatic carbocycles. The number of furan rings is 1. The number of pyridine rings is 1. The second-order valence-electron chi connectivity index (χ2n) is 6.08. The number of nitrogens with one attached hydrogen (secondary N) is 1. The van der Waals surface area contributed by atoms with Gasteiger partial charge in [0.15, 0.2) is 0 Å². The van der Waals surface area contributed by atoms with Gasteiger partial charge in [-0.3, -0.25) is 4.79 Å². The van der Waals surface area contributed by atoms with Crippen molar-refractivity contribution < 1.29 is 14.0 Å². The maximum absolute atomic E-state index is 12.7. The van der Waals surface area contributed by atoms with Gasteiger partial charge in [0.1, 0.15) is 11.5 Å². The molecule has 3 heterocycles. The van der Waals surface area contributed by atoms with E-state index >= 15 is 0 Å². The van der Waals surface area contributed by atoms with Gasteiger partial charge in [0, 0.05) is 6.54 Å². The minimum Gasteiger partial charge on any atom is -0.467 e. The van der Waals surface area contributed by atoms with Crippen molar-refractivity contribution in [3.05, 3.63) is 48.2 Å². The fourth-order valence-corrected chi connectivity index (χ4v) is 2.94. The topological polar surface area (TPSA) is 101 Å². The van der Waals surface area contributed by atoms with Gasteiger partial charge in [0.2, 0.25) is 0 Å². The number of amides is 3. The van der Waals surface area contributed by atoms with Crippen LogP contribution in [0.4, 0.5) is 10.5 Å². The summed E-state index contributed by atoms with van der Waals surface area (Å²) in [6.07, 6.45) is 4.85. The molecule has 3 amide bonds. The van der Waals surface area contributed by atoms with Gasteiger partial charge in [-0.05, 0) is 43.0 Å². The van der Waals surface area contributed by atoms with E-state index in [0.717, 1.165) is 18.6 Å². The first-order chi connectivity index (χ1) is 11.5. The third-order valence-corrected chi connectivity index (χ3v) is 4.26. The van der Waals surface area contributed by atoms with Crippen LogP contribution < -0.4 is 11.1 Å². The fourth-order valence-electron chi connectivity index (χ4n) is 2.94. The molecule has 0 bridgehead atoms. The summed E-state index contributed by atoms with van der Waals surface area (Å²) in [5, 5.41) is 2.82. The Balaban J connectivity index is 1.73. The molecule has 1 fully saturated rings. The third kappa shape index (κ3) is 3.40. The van der Waals surface area contributed by atoms with Crippen molar-refractivity contribution in [3.8, 4) is 0 Å². The van der Waals surface area contributed by atoms with Crippen molar-refractivity contribution in [1.82, 2.24) is 9.88 Å². The Labute approximate surface area is 139 Å². The van der Waals surface area contributed by atoms with Crippen molar-refractivity contribution in [2.24, 2.45) is 11.7 Å². The smallest absolute Gasteiger partial charge is 0.322 e. The predicted molar refractivity (Wildman–Crippen MR) is 88.3 cm³/mol. The molecule has 2 aromatic rings. The molecule has 3 rings (SSSR count). The molecule has 7 heteroatoms. The molecule has 0 spiro atoms. The Bertz CT molecular complexity index is 712. The number of hydrogen-bond acceptors (Lipinski definition) is 4. The summed E-state index contributed by atoms with van der Waals surface area (Å²) in [5.74, 6) is 0.718. The van der Waals surface area contributed by atoms with Gasteiger partial charge in [-0.1, -0.05) is 6.92 Å². The van der Waals surface area contributed by atoms with Gasteiger partial charge in [-0.25, -0.2) is 9.78 Å². The lowest BCUT2D eigenvalue weighted by Gasteiger charge is -2.37. The number of urea groups is 1. The Morgan fingerprint density at radius 1 is 1.38 bits per heavy atom. The van der Waals surface area contributed by atoms with Crippen LogP contribution in [0, 0.1) is 5.92 Å². The molecule has 2 atom stereocenters. The molecule has 2 aromatic heterocycles. The number of nitrogens with two attached hydrogens (primary N) is 1. The first-order valence-corrected chi connectivity index (χ1v) is 7.91. The molecular formula is C17H20N4O3. The number of rotatable bonds is 3. The van der Waals surface area contributed by atoms with E-state index in [2.05, 4.69) is 17.2 Å². The SMILES string of the molecule is C[C@@H]1CCN(C(=O)Nc2ccc(C(N)=O)nc2)[C@@H](c2ccco2)C1. The number of carbonyl (C=O) groups is 2. The number of hydrogen-bond donors (Lipinski definition) is 2. The van der Waals surface area contributed by atoms with Crippen LogP contribution in [-0.2, 0) is 0 Å². The number of carbonyl (C=O) groups excluding carboxylic acids is 2. The molecule has 1 aliphatic rings. The molecule has 0 radical (unpaired) electrons. The molecular weight excluding hydrogens is 308 g/mol. The van der Waals surface area contributed by atoms with Gasteiger partial charge in [-0.2, -0.15) is 0 Å². The van der Waals surface area contributed by atoms with Gasteiger partial charge in [0.05, 0.1) is 24.2 Å². The minimum atomic E-state index is -0.601. The Hall–Kier alpha value is -2.83. The Kier molecular flexibility index (Phi) is 4.50. The molecule has 0 unspecified atom stereocenters. The molecule has 3 N–H and O–H groups in total. The van der Waals surface area contributed by atoms with Crippen LogP contribution in [-0.4, -0.2) is 28.4 Å². The van der Waals surface area contributed by atoms with E-state index in [9.17, 15) is 9.59 Å². The largest absolute Gasteiger partial charge is 0.467 e. The highest BCUT2D eigenvalue weighted by atomic mass is 16.3. The highest BCUT2D eigenvalue weighted by Crippen LogP contribution is 2.34. The molecule has 1 aliphatic heterocycles. The highest BCUT2D eigenvalue weighted by Gasteiger charge is 2.32. The number of anilines is 1. The van der Waals surface area contributed by atoms with Crippen molar-refractivity contribution in [2.45, 2.75) is 25.8 Å². The van der Waals surface area contributed by atoms with E-state index < -0.39 is 5.91 Å². The number of likely N-dealkylation sites (tertiary alicyclic amines) is 1. The highest BCUT2D eigenvalue weighted by molar-refractivity contribution is 5.92. The number of nitrogens with zero attached hydrogens (tertiary/aromatic N) is 2. The zero-order chi connectivity index (χ0) is 17.1. The number of aromatic nitrogens is 1. The quantitative estimate of drug-likeness (QED) is 0.904. The summed E-state index contributed by atoms with van der Waals surface area (Å²) >= 11 is 0. The van der Waals surface area contributed by atoms with Gasteiger partial charge in [0.25, 0.3) is 5.91 Å². The van der Waals surface area contributed by atoms with Crippen LogP contribution in [0.1, 0.15) is 42.1 Å². The lowest BCUT2D eigenvalue weighted by atomic mass is 9.91. The standard InChI is InChI=1S/C17H20N4O3/c1-11-6-7-21(14(9-11)15-3-2-8-24-15)17(23)20-12-4-5-13(16(18)22)19-10-12/h2-5,8,10-11,14H,6-7,9H2,1H3,(H2,18,22)(H,20,23)/t11-,14-/m1/s1. The van der Waals surface area contributed by atoms with Crippen LogP contribution in [0.2, 0.25) is 0 Å². The minimum absolute atomic E-state index is 0.0819. The summed E-state index contributed by atoms with van der Waals surface area (Å²) in [6, 6.07) is 6.53. The maximum atomic E-state index is 12.7. The van der Waals surface area contributed by atoms with Gasteiger partial charge >= 0.3 is 6.03 Å². The van der Waals surface area contributed by atoms with E-state index in [4.69, 9.17) is 10.2 Å². The van der Waals surface area contributed by atoms with Crippen molar-refractivity contribution in [3.63, 3.8) is 0 Å². The lowest BCUT2D eigenvalue weighted by molar-refractivity contribution is 0.0995. The van der Waals surface area contributed by atoms with E-state index in [1.807, 2.05) is 12.1 Å². The second-order valence-corrected chi connectivity index (χ2v) is 6.08. The Morgan fingerprint density at radius 2 is 2.21 bits per heavy atom. The van der Waals surface area contributed by atoms with E-state index in [-0.39, 0.29) is 17.8 Å². The number of primary amides is 1. The Morgan fingerprint density at radius 3 is 2.83 bits per heavy atom. The first kappa shape index (κ1) is 16.0. The summed E-state index contributed by atoms with van der Waals surface area (Å²) in [4.78, 5) is 29.4. The monoisotopic (exact) mass is 328 g/mol. The van der Waals surface area contributed by atoms with E-state index in [1.165, 1.54) is 12.3 Å². The van der Waals surface area contributed by atoms with Crippen LogP contribution in [0.3, 0.4) is 0 Å². The van der Waals surface area contributed by atoms with Crippen molar-refractivity contribution in [1.29, 1.82) is 0 Å². The summed E-state index contributed by atoms with van der Waals surface area (Å²) in [7, 11) is 0. The van der Waals surface area contributed by atoms with Crippen LogP contribution in [0.15, 0.2) is 41.1 Å². The molecule has 0 aliphatic carbocycles. The third-order valence-electron chi connectivity index (χ3n) is 4.26. The van der Waals surface area contributed by atoms with Crippen LogP contribution in [0.25, 0.3) is 0 Å². The van der Waals surface area contributed by atoms with Gasteiger partial charge < -0.3 is 20.4 Å². The zero-order valence-electron chi connectivity index (χ0n) is 13.4. The summed E-state index contributed by atoms with van der Waals surface area (Å²) in [6.45, 7) is 2.84. The predicted octanol–water partition coefficient (Wildman–Crippen LogP) is 2.78. The summed E-state index contributed by atoms with van der Waals surface area (Å²) < 4.78 is 5.51. The summed E-state index contributed by atoms with van der Waals surface area (Å²) in [5.41, 5.74) is 5.84. The molecule has 126 valence electrons. The molecule has 24 heavy (non-hydrogen) atoms. The number of piperidine rings is 1. The normalized spacial score (nSPS) is 20.6. The lowest BCUT2D eigenvalue weighted by Crippen LogP contribution is -2.42. The van der Waals surface area contributed by atoms with Crippen molar-refractivity contribution in [2.75, 3.05) is 11.9 Å². The molecule has 7 nitrogen and oxygen atoms in total. The van der Waals surface area contributed by atoms with E-state index in [1.54, 1.807) is 17.2 Å². The average molecular weight is 328 g/mol. The maximum Gasteiger partial charge on any atom is 0.322 e. The van der Waals surface area contributed by atoms with E-state index in [0.29, 0.717) is 18.2 Å². The molecule has 1 saturated heterocycles. The second kappa shape index (κ2) is 6.74.